The Morgan fingerprint density at radius 1 is 1.18 bits per heavy atom. The summed E-state index contributed by atoms with van der Waals surface area (Å²) in [6.07, 6.45) is 0.362. The first kappa shape index (κ1) is 17.8. The average molecular weight is 381 g/mol. The zero-order valence-corrected chi connectivity index (χ0v) is 15.3. The number of carbonyl (C=O) groups excluding carboxylic acids is 2. The van der Waals surface area contributed by atoms with Gasteiger partial charge >= 0.3 is 11.8 Å². The van der Waals surface area contributed by atoms with Crippen LogP contribution in [0.3, 0.4) is 0 Å². The third-order valence-corrected chi connectivity index (χ3v) is 4.81. The fraction of sp³-hybridized carbons (Fsp3) is 0.250. The van der Waals surface area contributed by atoms with Gasteiger partial charge in [0, 0.05) is 18.8 Å². The Balaban J connectivity index is 1.50. The molecule has 0 bridgehead atoms. The van der Waals surface area contributed by atoms with Crippen molar-refractivity contribution in [1.82, 2.24) is 9.47 Å². The number of rotatable bonds is 3. The van der Waals surface area contributed by atoms with E-state index in [-0.39, 0.29) is 18.5 Å². The molecule has 0 unspecified atom stereocenters. The van der Waals surface area contributed by atoms with Crippen LogP contribution in [-0.4, -0.2) is 35.1 Å². The number of para-hydroxylation sites is 2. The highest BCUT2D eigenvalue weighted by Gasteiger charge is 2.21. The Bertz CT molecular complexity index is 1110. The van der Waals surface area contributed by atoms with Crippen LogP contribution in [0, 0.1) is 0 Å². The van der Waals surface area contributed by atoms with Gasteiger partial charge < -0.3 is 19.4 Å². The maximum absolute atomic E-state index is 12.5. The number of hydrogen-bond donors (Lipinski definition) is 1. The topological polar surface area (TPSA) is 93.8 Å². The highest BCUT2D eigenvalue weighted by Crippen LogP contribution is 2.23. The first-order valence-electron chi connectivity index (χ1n) is 8.88. The number of amides is 2. The van der Waals surface area contributed by atoms with E-state index in [1.165, 1.54) is 11.7 Å². The van der Waals surface area contributed by atoms with Crippen LogP contribution >= 0.6 is 0 Å². The lowest BCUT2D eigenvalue weighted by Gasteiger charge is -2.28. The Morgan fingerprint density at radius 3 is 2.82 bits per heavy atom. The normalized spacial score (nSPS) is 13.2. The Morgan fingerprint density at radius 2 is 2.00 bits per heavy atom. The van der Waals surface area contributed by atoms with Gasteiger partial charge in [-0.15, -0.1) is 0 Å². The highest BCUT2D eigenvalue weighted by atomic mass is 16.5. The molecule has 0 radical (unpaired) electrons. The number of methoxy groups -OCH3 is 1. The van der Waals surface area contributed by atoms with Gasteiger partial charge in [0.15, 0.2) is 5.58 Å². The minimum Gasteiger partial charge on any atom is -0.453 e. The second-order valence-corrected chi connectivity index (χ2v) is 6.60. The van der Waals surface area contributed by atoms with E-state index in [4.69, 9.17) is 9.15 Å². The molecule has 1 N–H and O–H groups in total. The van der Waals surface area contributed by atoms with Crippen molar-refractivity contribution in [3.05, 3.63) is 64.1 Å². The first-order valence-corrected chi connectivity index (χ1v) is 8.88. The van der Waals surface area contributed by atoms with Gasteiger partial charge in [-0.2, -0.15) is 0 Å². The van der Waals surface area contributed by atoms with E-state index in [0.29, 0.717) is 29.9 Å². The molecule has 0 atom stereocenters. The number of ether oxygens (including phenoxy) is 1. The largest absolute Gasteiger partial charge is 0.453 e. The van der Waals surface area contributed by atoms with Crippen LogP contribution in [0.2, 0.25) is 0 Å². The minimum absolute atomic E-state index is 0.152. The summed E-state index contributed by atoms with van der Waals surface area (Å²) < 4.78 is 11.2. The predicted molar refractivity (Wildman–Crippen MR) is 102 cm³/mol. The van der Waals surface area contributed by atoms with E-state index in [1.807, 2.05) is 18.2 Å². The number of fused-ring (bicyclic) bond motifs is 2. The van der Waals surface area contributed by atoms with Crippen LogP contribution < -0.4 is 11.1 Å². The fourth-order valence-corrected chi connectivity index (χ4v) is 3.43. The molecule has 0 saturated heterocycles. The summed E-state index contributed by atoms with van der Waals surface area (Å²) in [4.78, 5) is 37.8. The van der Waals surface area contributed by atoms with Crippen LogP contribution in [-0.2, 0) is 29.0 Å². The van der Waals surface area contributed by atoms with Crippen molar-refractivity contribution >= 4 is 28.8 Å². The molecule has 4 rings (SSSR count). The number of nitrogens with zero attached hydrogens (tertiary/aromatic N) is 2. The molecule has 2 amide bonds. The third-order valence-electron chi connectivity index (χ3n) is 4.81. The predicted octanol–water partition coefficient (Wildman–Crippen LogP) is 2.36. The smallest absolute Gasteiger partial charge is 0.420 e. The van der Waals surface area contributed by atoms with Gasteiger partial charge in [-0.3, -0.25) is 9.36 Å². The number of oxazole rings is 1. The second kappa shape index (κ2) is 7.22. The van der Waals surface area contributed by atoms with E-state index < -0.39 is 5.76 Å². The summed E-state index contributed by atoms with van der Waals surface area (Å²) in [5.74, 6) is -0.912. The number of carbonyl (C=O) groups is 2. The molecule has 1 aliphatic rings. The summed E-state index contributed by atoms with van der Waals surface area (Å²) in [5, 5.41) is 2.81. The SMILES string of the molecule is COC(=O)N1CCc2ccc(NC(=O)Cn3c(=O)oc4ccccc43)cc2C1. The van der Waals surface area contributed by atoms with Gasteiger partial charge in [0.25, 0.3) is 0 Å². The van der Waals surface area contributed by atoms with E-state index in [9.17, 15) is 14.4 Å². The minimum atomic E-state index is -0.574. The molecule has 0 spiro atoms. The van der Waals surface area contributed by atoms with Crippen LogP contribution in [0.15, 0.2) is 51.7 Å². The van der Waals surface area contributed by atoms with E-state index >= 15 is 0 Å². The Kier molecular flexibility index (Phi) is 4.60. The summed E-state index contributed by atoms with van der Waals surface area (Å²) >= 11 is 0. The monoisotopic (exact) mass is 381 g/mol. The molecule has 8 heteroatoms. The second-order valence-electron chi connectivity index (χ2n) is 6.60. The molecule has 8 nitrogen and oxygen atoms in total. The molecule has 2 aromatic carbocycles. The molecule has 0 saturated carbocycles. The molecule has 3 aromatic rings. The van der Waals surface area contributed by atoms with Crippen molar-refractivity contribution in [2.75, 3.05) is 19.0 Å². The van der Waals surface area contributed by atoms with Gasteiger partial charge in [0.1, 0.15) is 6.54 Å². The van der Waals surface area contributed by atoms with Crippen LogP contribution in [0.5, 0.6) is 0 Å². The van der Waals surface area contributed by atoms with E-state index in [2.05, 4.69) is 5.32 Å². The summed E-state index contributed by atoms with van der Waals surface area (Å²) in [6, 6.07) is 12.6. The maximum Gasteiger partial charge on any atom is 0.420 e. The van der Waals surface area contributed by atoms with Gasteiger partial charge in [-0.25, -0.2) is 9.59 Å². The van der Waals surface area contributed by atoms with E-state index in [0.717, 1.165) is 17.5 Å². The third kappa shape index (κ3) is 3.36. The van der Waals surface area contributed by atoms with Crippen molar-refractivity contribution in [3.8, 4) is 0 Å². The van der Waals surface area contributed by atoms with Gasteiger partial charge in [0.2, 0.25) is 5.91 Å². The molecular formula is C20H19N3O5. The Hall–Kier alpha value is -3.55. The van der Waals surface area contributed by atoms with Crippen molar-refractivity contribution < 1.29 is 18.7 Å². The van der Waals surface area contributed by atoms with Crippen molar-refractivity contribution in [3.63, 3.8) is 0 Å². The lowest BCUT2D eigenvalue weighted by atomic mass is 9.99. The summed E-state index contributed by atoms with van der Waals surface area (Å²) in [6.45, 7) is 0.876. The quantitative estimate of drug-likeness (QED) is 0.752. The van der Waals surface area contributed by atoms with Crippen LogP contribution in [0.25, 0.3) is 11.1 Å². The standard InChI is InChI=1S/C20H19N3O5/c1-27-19(25)22-9-8-13-6-7-15(10-14(13)11-22)21-18(24)12-23-16-4-2-3-5-17(16)28-20(23)26/h2-7,10H,8-9,11-12H2,1H3,(H,21,24). The summed E-state index contributed by atoms with van der Waals surface area (Å²) in [5.41, 5.74) is 3.71. The number of anilines is 1. The van der Waals surface area contributed by atoms with Gasteiger partial charge in [-0.1, -0.05) is 18.2 Å². The van der Waals surface area contributed by atoms with Gasteiger partial charge in [0.05, 0.1) is 12.6 Å². The number of benzene rings is 2. The highest BCUT2D eigenvalue weighted by molar-refractivity contribution is 5.91. The first-order chi connectivity index (χ1) is 13.5. The van der Waals surface area contributed by atoms with Crippen LogP contribution in [0.1, 0.15) is 11.1 Å². The summed E-state index contributed by atoms with van der Waals surface area (Å²) in [7, 11) is 1.36. The molecular weight excluding hydrogens is 362 g/mol. The molecule has 144 valence electrons. The van der Waals surface area contributed by atoms with E-state index in [1.54, 1.807) is 29.2 Å². The number of aromatic nitrogens is 1. The lowest BCUT2D eigenvalue weighted by molar-refractivity contribution is -0.116. The molecule has 2 heterocycles. The zero-order valence-electron chi connectivity index (χ0n) is 15.3. The van der Waals surface area contributed by atoms with Crippen molar-refractivity contribution in [1.29, 1.82) is 0 Å². The average Bonchev–Trinajstić information content (AvgIpc) is 3.02. The molecule has 0 aliphatic carbocycles. The molecule has 28 heavy (non-hydrogen) atoms. The molecule has 1 aliphatic heterocycles. The molecule has 1 aromatic heterocycles. The molecule has 0 fully saturated rings. The number of hydrogen-bond acceptors (Lipinski definition) is 5. The van der Waals surface area contributed by atoms with Crippen molar-refractivity contribution in [2.45, 2.75) is 19.5 Å². The lowest BCUT2D eigenvalue weighted by Crippen LogP contribution is -2.35. The van der Waals surface area contributed by atoms with Crippen LogP contribution in [0.4, 0.5) is 10.5 Å². The Labute approximate surface area is 160 Å². The zero-order chi connectivity index (χ0) is 19.7. The number of nitrogens with one attached hydrogen (secondary N) is 1. The van der Waals surface area contributed by atoms with Gasteiger partial charge in [-0.05, 0) is 41.8 Å². The van der Waals surface area contributed by atoms with Crippen molar-refractivity contribution in [2.24, 2.45) is 0 Å². The maximum atomic E-state index is 12.5. The fourth-order valence-electron chi connectivity index (χ4n) is 3.43.